The number of aliphatic hydroxyl groups excluding tert-OH is 1. The third-order valence-electron chi connectivity index (χ3n) is 5.26. The highest BCUT2D eigenvalue weighted by Crippen LogP contribution is 2.20. The first-order valence-electron chi connectivity index (χ1n) is 8.91. The van der Waals surface area contributed by atoms with Crippen molar-refractivity contribution in [1.29, 1.82) is 0 Å². The summed E-state index contributed by atoms with van der Waals surface area (Å²) in [6, 6.07) is 0.637. The Kier molecular flexibility index (Phi) is 7.44. The predicted octanol–water partition coefficient (Wildman–Crippen LogP) is 1.87. The molecule has 0 aromatic rings. The molecule has 4 atom stereocenters. The first-order chi connectivity index (χ1) is 10.2. The average Bonchev–Trinajstić information content (AvgIpc) is 2.98. The normalized spacial score (nSPS) is 32.4. The van der Waals surface area contributed by atoms with E-state index in [-0.39, 0.29) is 0 Å². The van der Waals surface area contributed by atoms with E-state index in [1.165, 1.54) is 32.4 Å². The van der Waals surface area contributed by atoms with Gasteiger partial charge < -0.3 is 20.1 Å². The highest BCUT2D eigenvalue weighted by atomic mass is 16.5. The zero-order chi connectivity index (χ0) is 15.1. The Morgan fingerprint density at radius 3 is 2.86 bits per heavy atom. The van der Waals surface area contributed by atoms with E-state index in [0.717, 1.165) is 32.5 Å². The van der Waals surface area contributed by atoms with Crippen molar-refractivity contribution in [2.24, 2.45) is 11.8 Å². The highest BCUT2D eigenvalue weighted by molar-refractivity contribution is 4.85. The molecule has 2 aliphatic heterocycles. The van der Waals surface area contributed by atoms with Gasteiger partial charge in [-0.25, -0.2) is 0 Å². The Morgan fingerprint density at radius 2 is 2.24 bits per heavy atom. The lowest BCUT2D eigenvalue weighted by Crippen LogP contribution is -2.50. The van der Waals surface area contributed by atoms with E-state index in [4.69, 9.17) is 9.84 Å². The molecule has 0 spiro atoms. The molecule has 2 N–H and O–H groups in total. The van der Waals surface area contributed by atoms with Gasteiger partial charge in [-0.05, 0) is 50.6 Å². The molecule has 0 saturated carbocycles. The van der Waals surface area contributed by atoms with E-state index in [0.29, 0.717) is 30.6 Å². The maximum atomic E-state index is 9.08. The van der Waals surface area contributed by atoms with Crippen LogP contribution in [-0.2, 0) is 4.74 Å². The molecule has 0 bridgehead atoms. The quantitative estimate of drug-likeness (QED) is 0.718. The van der Waals surface area contributed by atoms with Gasteiger partial charge in [-0.1, -0.05) is 20.3 Å². The van der Waals surface area contributed by atoms with E-state index in [1.54, 1.807) is 0 Å². The number of aliphatic hydroxyl groups is 1. The molecule has 0 aromatic heterocycles. The maximum Gasteiger partial charge on any atom is 0.0702 e. The monoisotopic (exact) mass is 298 g/mol. The van der Waals surface area contributed by atoms with Crippen molar-refractivity contribution < 1.29 is 9.84 Å². The molecule has 0 amide bonds. The summed E-state index contributed by atoms with van der Waals surface area (Å²) in [6.07, 6.45) is 6.28. The SMILES string of the molecule is CCC(CCO)CNC1CCN(CC2CCCO2)CC1C. The molecule has 124 valence electrons. The van der Waals surface area contributed by atoms with Gasteiger partial charge in [-0.3, -0.25) is 0 Å². The van der Waals surface area contributed by atoms with Gasteiger partial charge in [0.05, 0.1) is 6.10 Å². The minimum absolute atomic E-state index is 0.315. The molecule has 2 aliphatic rings. The molecular formula is C17H34N2O2. The highest BCUT2D eigenvalue weighted by Gasteiger charge is 2.28. The van der Waals surface area contributed by atoms with Gasteiger partial charge in [0.2, 0.25) is 0 Å². The second kappa shape index (κ2) is 9.09. The summed E-state index contributed by atoms with van der Waals surface area (Å²) in [5.74, 6) is 1.32. The van der Waals surface area contributed by atoms with Crippen molar-refractivity contribution in [2.75, 3.05) is 39.4 Å². The number of nitrogens with one attached hydrogen (secondary N) is 1. The molecule has 2 heterocycles. The van der Waals surface area contributed by atoms with Crippen LogP contribution in [0.1, 0.15) is 46.0 Å². The zero-order valence-corrected chi connectivity index (χ0v) is 13.9. The topological polar surface area (TPSA) is 44.7 Å². The maximum absolute atomic E-state index is 9.08. The molecule has 2 rings (SSSR count). The summed E-state index contributed by atoms with van der Waals surface area (Å²) < 4.78 is 5.76. The molecule has 21 heavy (non-hydrogen) atoms. The molecule has 0 aliphatic carbocycles. The van der Waals surface area contributed by atoms with E-state index >= 15 is 0 Å². The number of likely N-dealkylation sites (tertiary alicyclic amines) is 1. The summed E-state index contributed by atoms with van der Waals surface area (Å²) >= 11 is 0. The minimum atomic E-state index is 0.315. The van der Waals surface area contributed by atoms with E-state index in [9.17, 15) is 0 Å². The smallest absolute Gasteiger partial charge is 0.0702 e. The number of nitrogens with zero attached hydrogens (tertiary/aromatic N) is 1. The lowest BCUT2D eigenvalue weighted by molar-refractivity contribution is 0.0508. The van der Waals surface area contributed by atoms with Gasteiger partial charge >= 0.3 is 0 Å². The largest absolute Gasteiger partial charge is 0.396 e. The summed E-state index contributed by atoms with van der Waals surface area (Å²) in [5, 5.41) is 12.8. The molecule has 0 radical (unpaired) electrons. The molecule has 4 unspecified atom stereocenters. The van der Waals surface area contributed by atoms with Crippen LogP contribution in [-0.4, -0.2) is 61.5 Å². The molecular weight excluding hydrogens is 264 g/mol. The van der Waals surface area contributed by atoms with Crippen LogP contribution >= 0.6 is 0 Å². The van der Waals surface area contributed by atoms with E-state index in [1.807, 2.05) is 0 Å². The van der Waals surface area contributed by atoms with Gasteiger partial charge in [0, 0.05) is 32.3 Å². The first kappa shape index (κ1) is 17.2. The second-order valence-electron chi connectivity index (χ2n) is 6.96. The third-order valence-corrected chi connectivity index (χ3v) is 5.26. The van der Waals surface area contributed by atoms with Crippen molar-refractivity contribution in [1.82, 2.24) is 10.2 Å². The van der Waals surface area contributed by atoms with Crippen LogP contribution in [0.2, 0.25) is 0 Å². The molecule has 2 fully saturated rings. The van der Waals surface area contributed by atoms with Crippen molar-refractivity contribution in [3.05, 3.63) is 0 Å². The van der Waals surface area contributed by atoms with Gasteiger partial charge in [-0.15, -0.1) is 0 Å². The Hall–Kier alpha value is -0.160. The third kappa shape index (κ3) is 5.51. The predicted molar refractivity (Wildman–Crippen MR) is 86.5 cm³/mol. The van der Waals surface area contributed by atoms with Crippen molar-refractivity contribution in [2.45, 2.75) is 58.1 Å². The Bertz CT molecular complexity index is 282. The summed E-state index contributed by atoms with van der Waals surface area (Å²) in [6.45, 7) is 10.4. The summed E-state index contributed by atoms with van der Waals surface area (Å²) in [7, 11) is 0. The molecule has 0 aromatic carbocycles. The minimum Gasteiger partial charge on any atom is -0.396 e. The Balaban J connectivity index is 1.67. The average molecular weight is 298 g/mol. The number of rotatable bonds is 8. The molecule has 2 saturated heterocycles. The standard InChI is InChI=1S/C17H34N2O2/c1-3-15(7-9-20)11-18-17-6-8-19(12-14(17)2)13-16-5-4-10-21-16/h14-18,20H,3-13H2,1-2H3. The second-order valence-corrected chi connectivity index (χ2v) is 6.96. The van der Waals surface area contributed by atoms with Crippen molar-refractivity contribution in [3.63, 3.8) is 0 Å². The lowest BCUT2D eigenvalue weighted by Gasteiger charge is -2.38. The number of ether oxygens (including phenoxy) is 1. The van der Waals surface area contributed by atoms with Crippen LogP contribution in [0, 0.1) is 11.8 Å². The van der Waals surface area contributed by atoms with E-state index in [2.05, 4.69) is 24.1 Å². The van der Waals surface area contributed by atoms with Crippen LogP contribution in [0.5, 0.6) is 0 Å². The molecule has 4 heteroatoms. The summed E-state index contributed by atoms with van der Waals surface area (Å²) in [4.78, 5) is 2.59. The summed E-state index contributed by atoms with van der Waals surface area (Å²) in [5.41, 5.74) is 0. The molecule has 4 nitrogen and oxygen atoms in total. The van der Waals surface area contributed by atoms with Crippen LogP contribution in [0.4, 0.5) is 0 Å². The zero-order valence-electron chi connectivity index (χ0n) is 13.9. The fourth-order valence-corrected chi connectivity index (χ4v) is 3.73. The number of hydrogen-bond donors (Lipinski definition) is 2. The van der Waals surface area contributed by atoms with Crippen LogP contribution in [0.3, 0.4) is 0 Å². The van der Waals surface area contributed by atoms with Crippen LogP contribution in [0.15, 0.2) is 0 Å². The first-order valence-corrected chi connectivity index (χ1v) is 8.91. The number of piperidine rings is 1. The fraction of sp³-hybridized carbons (Fsp3) is 1.00. The van der Waals surface area contributed by atoms with Gasteiger partial charge in [0.15, 0.2) is 0 Å². The van der Waals surface area contributed by atoms with Gasteiger partial charge in [-0.2, -0.15) is 0 Å². The lowest BCUT2D eigenvalue weighted by atomic mass is 9.92. The van der Waals surface area contributed by atoms with Crippen molar-refractivity contribution in [3.8, 4) is 0 Å². The number of hydrogen-bond acceptors (Lipinski definition) is 4. The van der Waals surface area contributed by atoms with E-state index < -0.39 is 0 Å². The van der Waals surface area contributed by atoms with Gasteiger partial charge in [0.1, 0.15) is 0 Å². The Morgan fingerprint density at radius 1 is 1.38 bits per heavy atom. The Labute approximate surface area is 130 Å². The van der Waals surface area contributed by atoms with Crippen LogP contribution < -0.4 is 5.32 Å². The fourth-order valence-electron chi connectivity index (χ4n) is 3.73. The van der Waals surface area contributed by atoms with Crippen molar-refractivity contribution >= 4 is 0 Å². The van der Waals surface area contributed by atoms with Crippen LogP contribution in [0.25, 0.3) is 0 Å². The van der Waals surface area contributed by atoms with Gasteiger partial charge in [0.25, 0.3) is 0 Å².